The number of carbonyl (C=O) groups excluding carboxylic acids is 2. The molecule has 1 heterocycles. The van der Waals surface area contributed by atoms with E-state index >= 15 is 0 Å². The number of carbonyl (C=O) groups is 2. The van der Waals surface area contributed by atoms with Crippen molar-refractivity contribution >= 4 is 29.1 Å². The number of benzene rings is 2. The number of piperazine rings is 1. The zero-order chi connectivity index (χ0) is 21.8. The highest BCUT2D eigenvalue weighted by Crippen LogP contribution is 2.32. The molecule has 5 nitrogen and oxygen atoms in total. The van der Waals surface area contributed by atoms with Crippen LogP contribution in [0.4, 0.5) is 10.1 Å². The van der Waals surface area contributed by atoms with E-state index in [0.717, 1.165) is 25.7 Å². The van der Waals surface area contributed by atoms with E-state index in [-0.39, 0.29) is 23.7 Å². The summed E-state index contributed by atoms with van der Waals surface area (Å²) in [6, 6.07) is 12.6. The van der Waals surface area contributed by atoms with E-state index in [1.807, 2.05) is 4.90 Å². The highest BCUT2D eigenvalue weighted by Gasteiger charge is 2.37. The van der Waals surface area contributed by atoms with Gasteiger partial charge in [0.05, 0.1) is 6.04 Å². The zero-order valence-electron chi connectivity index (χ0n) is 17.4. The lowest BCUT2D eigenvalue weighted by Gasteiger charge is -2.40. The number of amides is 2. The maximum Gasteiger partial charge on any atom is 0.253 e. The Morgan fingerprint density at radius 3 is 2.32 bits per heavy atom. The van der Waals surface area contributed by atoms with Gasteiger partial charge in [0.2, 0.25) is 5.91 Å². The maximum absolute atomic E-state index is 13.2. The number of nitrogens with zero attached hydrogens (tertiary/aromatic N) is 2. The molecule has 2 amide bonds. The van der Waals surface area contributed by atoms with Gasteiger partial charge >= 0.3 is 0 Å². The lowest BCUT2D eigenvalue weighted by Crippen LogP contribution is -2.56. The first kappa shape index (κ1) is 21.8. The molecule has 1 aliphatic heterocycles. The number of hydrogen-bond acceptors (Lipinski definition) is 3. The molecule has 164 valence electrons. The first-order chi connectivity index (χ1) is 15.0. The van der Waals surface area contributed by atoms with Crippen LogP contribution in [0, 0.1) is 11.7 Å². The highest BCUT2D eigenvalue weighted by atomic mass is 35.5. The summed E-state index contributed by atoms with van der Waals surface area (Å²) in [4.78, 5) is 30.1. The van der Waals surface area contributed by atoms with Gasteiger partial charge in [0, 0.05) is 42.5 Å². The van der Waals surface area contributed by atoms with E-state index in [1.54, 1.807) is 36.4 Å². The number of hydrogen-bond donors (Lipinski definition) is 1. The van der Waals surface area contributed by atoms with Crippen LogP contribution in [0.25, 0.3) is 0 Å². The number of halogens is 2. The second-order valence-electron chi connectivity index (χ2n) is 8.32. The van der Waals surface area contributed by atoms with E-state index < -0.39 is 0 Å². The Hall–Kier alpha value is -2.44. The van der Waals surface area contributed by atoms with Crippen LogP contribution in [0.2, 0.25) is 5.02 Å². The van der Waals surface area contributed by atoms with Crippen molar-refractivity contribution in [1.82, 2.24) is 9.80 Å². The van der Waals surface area contributed by atoms with Crippen molar-refractivity contribution in [1.29, 1.82) is 0 Å². The molecular weight excluding hydrogens is 417 g/mol. The lowest BCUT2D eigenvalue weighted by molar-refractivity contribution is -0.123. The molecule has 2 aliphatic rings. The second kappa shape index (κ2) is 9.79. The summed E-state index contributed by atoms with van der Waals surface area (Å²) < 4.78 is 13.2. The zero-order valence-corrected chi connectivity index (χ0v) is 18.2. The molecule has 2 fully saturated rings. The molecule has 2 aromatic carbocycles. The quantitative estimate of drug-likeness (QED) is 0.743. The third kappa shape index (κ3) is 5.25. The molecule has 0 radical (unpaired) electrons. The predicted molar refractivity (Wildman–Crippen MR) is 120 cm³/mol. The van der Waals surface area contributed by atoms with Gasteiger partial charge in [-0.15, -0.1) is 0 Å². The van der Waals surface area contributed by atoms with E-state index in [1.165, 1.54) is 12.1 Å². The van der Waals surface area contributed by atoms with Crippen molar-refractivity contribution in [2.75, 3.05) is 31.5 Å². The van der Waals surface area contributed by atoms with Gasteiger partial charge in [-0.3, -0.25) is 14.5 Å². The Labute approximate surface area is 187 Å². The molecule has 4 rings (SSSR count). The van der Waals surface area contributed by atoms with Crippen molar-refractivity contribution in [2.24, 2.45) is 5.92 Å². The first-order valence-electron chi connectivity index (χ1n) is 10.9. The van der Waals surface area contributed by atoms with E-state index in [4.69, 9.17) is 11.6 Å². The van der Waals surface area contributed by atoms with Crippen LogP contribution in [0.3, 0.4) is 0 Å². The van der Waals surface area contributed by atoms with Crippen LogP contribution in [0.1, 0.15) is 36.0 Å². The van der Waals surface area contributed by atoms with Gasteiger partial charge < -0.3 is 10.2 Å². The summed E-state index contributed by atoms with van der Waals surface area (Å²) >= 11 is 6.03. The van der Waals surface area contributed by atoms with Crippen LogP contribution in [0.5, 0.6) is 0 Å². The Kier molecular flexibility index (Phi) is 6.88. The van der Waals surface area contributed by atoms with Crippen molar-refractivity contribution in [2.45, 2.75) is 31.7 Å². The topological polar surface area (TPSA) is 52.7 Å². The van der Waals surface area contributed by atoms with Gasteiger partial charge in [-0.05, 0) is 61.2 Å². The molecule has 1 N–H and O–H groups in total. The fraction of sp³-hybridized carbons (Fsp3) is 0.417. The molecule has 1 atom stereocenters. The molecule has 1 aliphatic carbocycles. The molecule has 0 aromatic heterocycles. The molecule has 0 spiro atoms. The van der Waals surface area contributed by atoms with E-state index in [0.29, 0.717) is 48.4 Å². The van der Waals surface area contributed by atoms with E-state index in [2.05, 4.69) is 10.2 Å². The lowest BCUT2D eigenvalue weighted by atomic mass is 9.94. The Balaban J connectivity index is 1.43. The summed E-state index contributed by atoms with van der Waals surface area (Å²) in [7, 11) is 0. The molecule has 1 saturated carbocycles. The fourth-order valence-corrected chi connectivity index (χ4v) is 4.90. The third-order valence-electron chi connectivity index (χ3n) is 6.29. The Morgan fingerprint density at radius 1 is 1.00 bits per heavy atom. The van der Waals surface area contributed by atoms with Crippen molar-refractivity contribution in [3.63, 3.8) is 0 Å². The molecule has 0 unspecified atom stereocenters. The smallest absolute Gasteiger partial charge is 0.253 e. The first-order valence-corrected chi connectivity index (χ1v) is 11.2. The normalized spacial score (nSPS) is 18.7. The summed E-state index contributed by atoms with van der Waals surface area (Å²) in [5.41, 5.74) is 1.19. The SMILES string of the molecule is O=C(Nc1ccc(F)cc1)[C@H](C1CCCC1)N1CCN(C(=O)c2cccc(Cl)c2)CC1. The molecule has 31 heavy (non-hydrogen) atoms. The monoisotopic (exact) mass is 443 g/mol. The van der Waals surface area contributed by atoms with Crippen LogP contribution in [-0.2, 0) is 4.79 Å². The molecular formula is C24H27ClFN3O2. The fourth-order valence-electron chi connectivity index (χ4n) is 4.71. The molecule has 7 heteroatoms. The van der Waals surface area contributed by atoms with Crippen molar-refractivity contribution in [3.8, 4) is 0 Å². The molecule has 0 bridgehead atoms. The van der Waals surface area contributed by atoms with Gasteiger partial charge in [0.1, 0.15) is 5.82 Å². The Morgan fingerprint density at radius 2 is 1.68 bits per heavy atom. The van der Waals surface area contributed by atoms with Crippen LogP contribution >= 0.6 is 11.6 Å². The number of rotatable bonds is 5. The average Bonchev–Trinajstić information content (AvgIpc) is 3.30. The van der Waals surface area contributed by atoms with Crippen LogP contribution < -0.4 is 5.32 Å². The minimum Gasteiger partial charge on any atom is -0.336 e. The third-order valence-corrected chi connectivity index (χ3v) is 6.53. The number of nitrogens with one attached hydrogen (secondary N) is 1. The summed E-state index contributed by atoms with van der Waals surface area (Å²) in [6.07, 6.45) is 4.34. The minimum atomic E-state index is -0.328. The second-order valence-corrected chi connectivity index (χ2v) is 8.76. The van der Waals surface area contributed by atoms with Crippen molar-refractivity contribution < 1.29 is 14.0 Å². The Bertz CT molecular complexity index is 923. The van der Waals surface area contributed by atoms with Gasteiger partial charge in [-0.1, -0.05) is 30.5 Å². The van der Waals surface area contributed by atoms with E-state index in [9.17, 15) is 14.0 Å². The minimum absolute atomic E-state index is 0.0321. The highest BCUT2D eigenvalue weighted by molar-refractivity contribution is 6.30. The summed E-state index contributed by atoms with van der Waals surface area (Å²) in [5, 5.41) is 3.51. The standard InChI is InChI=1S/C24H27ClFN3O2/c25-19-7-3-6-18(16-19)24(31)29-14-12-28(13-15-29)22(17-4-1-2-5-17)23(30)27-21-10-8-20(26)9-11-21/h3,6-11,16-17,22H,1-2,4-5,12-15H2,(H,27,30)/t22-/m0/s1. The van der Waals surface area contributed by atoms with Gasteiger partial charge in [0.25, 0.3) is 5.91 Å². The average molecular weight is 444 g/mol. The van der Waals surface area contributed by atoms with Crippen LogP contribution in [0.15, 0.2) is 48.5 Å². The predicted octanol–water partition coefficient (Wildman–Crippen LogP) is 4.43. The van der Waals surface area contributed by atoms with Gasteiger partial charge in [-0.2, -0.15) is 0 Å². The molecule has 1 saturated heterocycles. The van der Waals surface area contributed by atoms with Gasteiger partial charge in [-0.25, -0.2) is 4.39 Å². The van der Waals surface area contributed by atoms with Crippen molar-refractivity contribution in [3.05, 3.63) is 64.9 Å². The molecule has 2 aromatic rings. The summed E-state index contributed by atoms with van der Waals surface area (Å²) in [6.45, 7) is 2.42. The summed E-state index contributed by atoms with van der Waals surface area (Å²) in [5.74, 6) is -0.107. The maximum atomic E-state index is 13.2. The number of anilines is 1. The van der Waals surface area contributed by atoms with Crippen LogP contribution in [-0.4, -0.2) is 53.8 Å². The largest absolute Gasteiger partial charge is 0.336 e. The van der Waals surface area contributed by atoms with Gasteiger partial charge in [0.15, 0.2) is 0 Å².